The highest BCUT2D eigenvalue weighted by molar-refractivity contribution is 14.1. The summed E-state index contributed by atoms with van der Waals surface area (Å²) in [6.45, 7) is 6.76. The Morgan fingerprint density at radius 1 is 1.05 bits per heavy atom. The van der Waals surface area contributed by atoms with E-state index in [0.29, 0.717) is 17.8 Å². The average molecular weight is 639 g/mol. The monoisotopic (exact) mass is 638 g/mol. The van der Waals surface area contributed by atoms with Crippen molar-refractivity contribution in [2.45, 2.75) is 108 Å². The van der Waals surface area contributed by atoms with Crippen LogP contribution in [0.1, 0.15) is 96.0 Å². The van der Waals surface area contributed by atoms with Gasteiger partial charge in [-0.05, 0) is 111 Å². The maximum absolute atomic E-state index is 12.7. The van der Waals surface area contributed by atoms with Crippen molar-refractivity contribution in [3.05, 3.63) is 34.4 Å². The number of carbonyl (C=O) groups is 1. The number of amides is 1. The van der Waals surface area contributed by atoms with Crippen LogP contribution in [-0.4, -0.2) is 45.1 Å². The van der Waals surface area contributed by atoms with E-state index in [1.54, 1.807) is 6.26 Å². The van der Waals surface area contributed by atoms with Crippen molar-refractivity contribution in [3.63, 3.8) is 0 Å². The molecule has 2 heterocycles. The zero-order chi connectivity index (χ0) is 26.7. The van der Waals surface area contributed by atoms with Gasteiger partial charge in [0.05, 0.1) is 11.9 Å². The molecular weight excluding hydrogens is 595 g/mol. The molecule has 8 heteroatoms. The Kier molecular flexibility index (Phi) is 7.16. The number of hydrogen-bond donors (Lipinski definition) is 2. The molecule has 0 aromatic carbocycles. The number of halogens is 1. The second-order valence-corrected chi connectivity index (χ2v) is 14.8. The highest BCUT2D eigenvalue weighted by Gasteiger charge is 2.67. The van der Waals surface area contributed by atoms with Crippen molar-refractivity contribution >= 4 is 29.0 Å². The Morgan fingerprint density at radius 3 is 2.58 bits per heavy atom. The van der Waals surface area contributed by atoms with Crippen LogP contribution in [0, 0.1) is 28.6 Å². The number of alkyl carbamates (subject to hydrolysis) is 1. The summed E-state index contributed by atoms with van der Waals surface area (Å²) in [5.41, 5.74) is 0.0215. The molecule has 5 aliphatic rings. The van der Waals surface area contributed by atoms with Gasteiger partial charge in [0.2, 0.25) is 0 Å². The summed E-state index contributed by atoms with van der Waals surface area (Å²) < 4.78 is 13.5. The van der Waals surface area contributed by atoms with Crippen LogP contribution in [0.3, 0.4) is 0 Å². The van der Waals surface area contributed by atoms with Gasteiger partial charge in [-0.3, -0.25) is 0 Å². The number of nitrogens with zero attached hydrogens (tertiary/aromatic N) is 1. The van der Waals surface area contributed by atoms with Gasteiger partial charge in [-0.2, -0.15) is 0 Å². The van der Waals surface area contributed by atoms with Crippen molar-refractivity contribution < 1.29 is 19.1 Å². The molecule has 38 heavy (non-hydrogen) atoms. The fourth-order valence-electron chi connectivity index (χ4n) is 9.74. The lowest BCUT2D eigenvalue weighted by molar-refractivity contribution is -0.205. The summed E-state index contributed by atoms with van der Waals surface area (Å²) in [6, 6.07) is 3.64. The molecule has 2 N–H and O–H groups in total. The molecular formula is C30H43IN2O5. The standard InChI is InChI=1S/C30H43IN2O5/c1-28-12-7-22(38-27(35)32-21-10-15-33(31)16-11-21)17-20(28)4-5-25-24(28)8-13-29(2)23(9-14-30(25,29)36)19-3-6-26(34)37-18-19/h3,6,18,20-25,36H,4-5,7-17H2,1-2H3,(H,32,35)/t20-,22+,23-,24?,25?,28+,29-,30+/m1/s1. The normalized spacial score (nSPS) is 43.5. The molecule has 2 unspecified atom stereocenters. The number of fused-ring (bicyclic) bond motifs is 5. The van der Waals surface area contributed by atoms with Crippen LogP contribution in [-0.2, 0) is 4.74 Å². The van der Waals surface area contributed by atoms with E-state index in [9.17, 15) is 14.7 Å². The molecule has 7 nitrogen and oxygen atoms in total. The number of piperidine rings is 1. The lowest BCUT2D eigenvalue weighted by Crippen LogP contribution is -2.62. The number of carbonyl (C=O) groups excluding carboxylic acids is 1. The minimum Gasteiger partial charge on any atom is -0.446 e. The summed E-state index contributed by atoms with van der Waals surface area (Å²) in [6.07, 6.45) is 12.3. The van der Waals surface area contributed by atoms with E-state index < -0.39 is 5.60 Å². The van der Waals surface area contributed by atoms with Gasteiger partial charge in [-0.15, -0.1) is 0 Å². The van der Waals surface area contributed by atoms with Crippen LogP contribution in [0.15, 0.2) is 27.6 Å². The zero-order valence-corrected chi connectivity index (χ0v) is 25.0. The van der Waals surface area contributed by atoms with E-state index in [2.05, 4.69) is 45.1 Å². The third-order valence-electron chi connectivity index (χ3n) is 12.0. The Bertz CT molecular complexity index is 1080. The van der Waals surface area contributed by atoms with Crippen molar-refractivity contribution in [1.29, 1.82) is 0 Å². The molecule has 1 saturated heterocycles. The van der Waals surface area contributed by atoms with Gasteiger partial charge >= 0.3 is 11.7 Å². The maximum atomic E-state index is 12.7. The Hall–Kier alpha value is -1.13. The van der Waals surface area contributed by atoms with Gasteiger partial charge in [0.25, 0.3) is 0 Å². The molecule has 0 radical (unpaired) electrons. The topological polar surface area (TPSA) is 92.0 Å². The second-order valence-electron chi connectivity index (χ2n) is 13.5. The molecule has 6 rings (SSSR count). The van der Waals surface area contributed by atoms with Crippen LogP contribution in [0.5, 0.6) is 0 Å². The van der Waals surface area contributed by atoms with Gasteiger partial charge in [-0.25, -0.2) is 12.7 Å². The molecule has 0 spiro atoms. The first-order chi connectivity index (χ1) is 18.1. The largest absolute Gasteiger partial charge is 0.446 e. The van der Waals surface area contributed by atoms with E-state index in [0.717, 1.165) is 89.3 Å². The van der Waals surface area contributed by atoms with Crippen molar-refractivity contribution in [1.82, 2.24) is 8.43 Å². The van der Waals surface area contributed by atoms with E-state index in [4.69, 9.17) is 9.15 Å². The average Bonchev–Trinajstić information content (AvgIpc) is 3.17. The van der Waals surface area contributed by atoms with Crippen LogP contribution in [0.25, 0.3) is 0 Å². The second kappa shape index (κ2) is 10.1. The van der Waals surface area contributed by atoms with E-state index >= 15 is 0 Å². The Morgan fingerprint density at radius 2 is 1.84 bits per heavy atom. The van der Waals surface area contributed by atoms with Gasteiger partial charge in [0, 0.05) is 53.5 Å². The predicted octanol–water partition coefficient (Wildman–Crippen LogP) is 5.79. The molecule has 8 atom stereocenters. The van der Waals surface area contributed by atoms with Crippen LogP contribution >= 0.6 is 22.9 Å². The summed E-state index contributed by atoms with van der Waals surface area (Å²) in [4.78, 5) is 24.2. The minimum absolute atomic E-state index is 0.00479. The number of ether oxygens (including phenoxy) is 1. The van der Waals surface area contributed by atoms with Gasteiger partial charge in [-0.1, -0.05) is 13.8 Å². The molecule has 1 amide bonds. The van der Waals surface area contributed by atoms with Gasteiger partial charge in [0.15, 0.2) is 0 Å². The smallest absolute Gasteiger partial charge is 0.407 e. The molecule has 5 fully saturated rings. The fourth-order valence-corrected chi connectivity index (χ4v) is 10.3. The van der Waals surface area contributed by atoms with Crippen LogP contribution in [0.2, 0.25) is 0 Å². The van der Waals surface area contributed by atoms with Crippen molar-refractivity contribution in [2.75, 3.05) is 13.1 Å². The summed E-state index contributed by atoms with van der Waals surface area (Å²) in [5.74, 6) is 1.55. The quantitative estimate of drug-likeness (QED) is 0.322. The molecule has 4 aliphatic carbocycles. The fraction of sp³-hybridized carbons (Fsp3) is 0.800. The number of rotatable bonds is 3. The van der Waals surface area contributed by atoms with Crippen LogP contribution < -0.4 is 10.9 Å². The Labute approximate surface area is 239 Å². The molecule has 1 aliphatic heterocycles. The highest BCUT2D eigenvalue weighted by Crippen LogP contribution is 2.70. The van der Waals surface area contributed by atoms with E-state index in [1.807, 2.05) is 6.07 Å². The number of aliphatic hydroxyl groups is 1. The van der Waals surface area contributed by atoms with E-state index in [1.165, 1.54) is 6.07 Å². The predicted molar refractivity (Wildman–Crippen MR) is 153 cm³/mol. The van der Waals surface area contributed by atoms with Crippen molar-refractivity contribution in [3.8, 4) is 0 Å². The summed E-state index contributed by atoms with van der Waals surface area (Å²) >= 11 is 2.35. The first-order valence-electron chi connectivity index (χ1n) is 14.8. The first kappa shape index (κ1) is 27.1. The molecule has 4 saturated carbocycles. The summed E-state index contributed by atoms with van der Waals surface area (Å²) in [7, 11) is 0. The molecule has 1 aromatic heterocycles. The molecule has 0 bridgehead atoms. The third kappa shape index (κ3) is 4.44. The Balaban J connectivity index is 1.12. The molecule has 210 valence electrons. The van der Waals surface area contributed by atoms with E-state index in [-0.39, 0.29) is 40.6 Å². The van der Waals surface area contributed by atoms with Gasteiger partial charge in [0.1, 0.15) is 6.10 Å². The number of nitrogens with one attached hydrogen (secondary N) is 1. The van der Waals surface area contributed by atoms with Gasteiger partial charge < -0.3 is 19.6 Å². The lowest BCUT2D eigenvalue weighted by atomic mass is 9.43. The molecule has 1 aromatic rings. The zero-order valence-electron chi connectivity index (χ0n) is 22.8. The van der Waals surface area contributed by atoms with Crippen molar-refractivity contribution in [2.24, 2.45) is 28.6 Å². The SMILES string of the molecule is C[C@]12CC[C@H](OC(=O)NC3CCN(I)CC3)C[C@H]1CCC1C2CC[C@]2(C)[C@@H](c3ccc(=O)oc3)CC[C@]12O. The van der Waals surface area contributed by atoms with Crippen LogP contribution in [0.4, 0.5) is 4.79 Å². The first-order valence-corrected chi connectivity index (χ1v) is 15.8. The number of hydrogen-bond acceptors (Lipinski definition) is 6. The third-order valence-corrected chi connectivity index (χ3v) is 12.9. The highest BCUT2D eigenvalue weighted by atomic mass is 127. The lowest BCUT2D eigenvalue weighted by Gasteiger charge is -2.63. The maximum Gasteiger partial charge on any atom is 0.407 e. The minimum atomic E-state index is -0.689. The summed E-state index contributed by atoms with van der Waals surface area (Å²) in [5, 5.41) is 15.5.